The van der Waals surface area contributed by atoms with Gasteiger partial charge in [0, 0.05) is 11.6 Å². The Kier molecular flexibility index (Phi) is 2.22. The number of hydrogen-bond acceptors (Lipinski definition) is 3. The second-order valence-corrected chi connectivity index (χ2v) is 3.81. The highest BCUT2D eigenvalue weighted by molar-refractivity contribution is 5.63. The van der Waals surface area contributed by atoms with Gasteiger partial charge in [0.1, 0.15) is 11.6 Å². The van der Waals surface area contributed by atoms with Gasteiger partial charge in [0.05, 0.1) is 5.69 Å². The number of anilines is 1. The predicted octanol–water partition coefficient (Wildman–Crippen LogP) is 2.26. The summed E-state index contributed by atoms with van der Waals surface area (Å²) in [4.78, 5) is 3.99. The fraction of sp³-hybridized carbons (Fsp3) is 0. The third kappa shape index (κ3) is 1.67. The number of aromatic nitrogens is 3. The Bertz CT molecular complexity index is 716. The highest BCUT2D eigenvalue weighted by atomic mass is 19.1. The number of halogens is 2. The number of hydrogen-bond donors (Lipinski definition) is 1. The molecule has 2 N–H and O–H groups in total. The molecule has 0 fully saturated rings. The van der Waals surface area contributed by atoms with Crippen molar-refractivity contribution in [3.05, 3.63) is 48.0 Å². The first-order chi connectivity index (χ1) is 8.63. The first kappa shape index (κ1) is 10.6. The van der Waals surface area contributed by atoms with Crippen molar-refractivity contribution < 1.29 is 8.78 Å². The lowest BCUT2D eigenvalue weighted by Gasteiger charge is -2.04. The molecule has 0 atom stereocenters. The van der Waals surface area contributed by atoms with Crippen LogP contribution in [0.5, 0.6) is 0 Å². The van der Waals surface area contributed by atoms with Crippen molar-refractivity contribution in [1.29, 1.82) is 0 Å². The maximum Gasteiger partial charge on any atom is 0.240 e. The van der Waals surface area contributed by atoms with Crippen LogP contribution in [-0.4, -0.2) is 14.6 Å². The molecule has 1 aromatic carbocycles. The second-order valence-electron chi connectivity index (χ2n) is 3.81. The van der Waals surface area contributed by atoms with Gasteiger partial charge in [-0.3, -0.25) is 0 Å². The van der Waals surface area contributed by atoms with Gasteiger partial charge in [0.15, 0.2) is 5.65 Å². The Balaban J connectivity index is 2.30. The van der Waals surface area contributed by atoms with Gasteiger partial charge in [-0.2, -0.15) is 4.98 Å². The third-order valence-corrected chi connectivity index (χ3v) is 2.53. The van der Waals surface area contributed by atoms with Crippen LogP contribution in [0, 0.1) is 11.6 Å². The largest absolute Gasteiger partial charge is 0.366 e. The predicted molar refractivity (Wildman–Crippen MR) is 62.8 cm³/mol. The molecule has 0 saturated heterocycles. The summed E-state index contributed by atoms with van der Waals surface area (Å²) in [6.45, 7) is 0. The number of nitrogen functional groups attached to an aromatic ring is 1. The second kappa shape index (κ2) is 3.76. The summed E-state index contributed by atoms with van der Waals surface area (Å²) in [5.41, 5.74) is 6.93. The van der Waals surface area contributed by atoms with E-state index in [9.17, 15) is 8.78 Å². The smallest absolute Gasteiger partial charge is 0.240 e. The number of rotatable bonds is 1. The number of fused-ring (bicyclic) bond motifs is 1. The minimum atomic E-state index is -0.643. The molecule has 0 aliphatic heterocycles. The van der Waals surface area contributed by atoms with E-state index in [0.717, 1.165) is 6.07 Å². The Labute approximate surface area is 101 Å². The molecule has 18 heavy (non-hydrogen) atoms. The molecule has 6 heteroatoms. The fourth-order valence-corrected chi connectivity index (χ4v) is 1.84. The summed E-state index contributed by atoms with van der Waals surface area (Å²) >= 11 is 0. The summed E-state index contributed by atoms with van der Waals surface area (Å²) in [7, 11) is 0. The monoisotopic (exact) mass is 246 g/mol. The minimum Gasteiger partial charge on any atom is -0.366 e. The van der Waals surface area contributed by atoms with Crippen LogP contribution in [0.2, 0.25) is 0 Å². The standard InChI is InChI=1S/C12H8F2N4/c13-8-4-7(5-9(14)6-8)10-2-1-3-11-16-12(15)17-18(10)11/h1-6H,(H2,15,17). The SMILES string of the molecule is Nc1nc2cccc(-c3cc(F)cc(F)c3)n2n1. The molecule has 0 spiro atoms. The van der Waals surface area contributed by atoms with Crippen molar-refractivity contribution in [3.8, 4) is 11.3 Å². The van der Waals surface area contributed by atoms with E-state index < -0.39 is 11.6 Å². The van der Waals surface area contributed by atoms with Crippen LogP contribution in [0.25, 0.3) is 16.9 Å². The molecule has 90 valence electrons. The summed E-state index contributed by atoms with van der Waals surface area (Å²) < 4.78 is 27.9. The van der Waals surface area contributed by atoms with Gasteiger partial charge in [-0.25, -0.2) is 13.3 Å². The van der Waals surface area contributed by atoms with Crippen LogP contribution in [0.15, 0.2) is 36.4 Å². The summed E-state index contributed by atoms with van der Waals surface area (Å²) in [5, 5.41) is 3.99. The van der Waals surface area contributed by atoms with E-state index >= 15 is 0 Å². The van der Waals surface area contributed by atoms with Gasteiger partial charge in [-0.15, -0.1) is 5.10 Å². The molecule has 0 aliphatic carbocycles. The van der Waals surface area contributed by atoms with E-state index in [1.54, 1.807) is 18.2 Å². The number of benzene rings is 1. The van der Waals surface area contributed by atoms with Crippen molar-refractivity contribution in [1.82, 2.24) is 14.6 Å². The minimum absolute atomic E-state index is 0.110. The van der Waals surface area contributed by atoms with Gasteiger partial charge in [0.2, 0.25) is 5.95 Å². The molecule has 0 radical (unpaired) electrons. The third-order valence-electron chi connectivity index (χ3n) is 2.53. The number of nitrogens with two attached hydrogens (primary N) is 1. The first-order valence-corrected chi connectivity index (χ1v) is 5.21. The van der Waals surface area contributed by atoms with E-state index in [1.165, 1.54) is 16.6 Å². The van der Waals surface area contributed by atoms with E-state index in [4.69, 9.17) is 5.73 Å². The van der Waals surface area contributed by atoms with E-state index in [-0.39, 0.29) is 5.95 Å². The maximum atomic E-state index is 13.2. The highest BCUT2D eigenvalue weighted by Gasteiger charge is 2.09. The van der Waals surface area contributed by atoms with Gasteiger partial charge in [-0.05, 0) is 24.3 Å². The molecule has 2 heterocycles. The average molecular weight is 246 g/mol. The zero-order valence-corrected chi connectivity index (χ0v) is 9.14. The van der Waals surface area contributed by atoms with Crippen molar-refractivity contribution in [2.24, 2.45) is 0 Å². The number of nitrogens with zero attached hydrogens (tertiary/aromatic N) is 3. The first-order valence-electron chi connectivity index (χ1n) is 5.21. The molecule has 4 nitrogen and oxygen atoms in total. The van der Waals surface area contributed by atoms with Crippen LogP contribution in [0.3, 0.4) is 0 Å². The summed E-state index contributed by atoms with van der Waals surface area (Å²) in [6, 6.07) is 8.41. The molecule has 3 rings (SSSR count). The molecule has 0 amide bonds. The molecule has 0 saturated carbocycles. The van der Waals surface area contributed by atoms with Gasteiger partial charge in [-0.1, -0.05) is 6.07 Å². The molecule has 0 aliphatic rings. The molecule has 2 aromatic heterocycles. The Hall–Kier alpha value is -2.50. The van der Waals surface area contributed by atoms with Gasteiger partial charge in [0.25, 0.3) is 0 Å². The zero-order chi connectivity index (χ0) is 12.7. The lowest BCUT2D eigenvalue weighted by atomic mass is 10.1. The summed E-state index contributed by atoms with van der Waals surface area (Å²) in [6.07, 6.45) is 0. The fourth-order valence-electron chi connectivity index (χ4n) is 1.84. The molecular weight excluding hydrogens is 238 g/mol. The van der Waals surface area contributed by atoms with Crippen molar-refractivity contribution in [2.45, 2.75) is 0 Å². The maximum absolute atomic E-state index is 13.2. The Morgan fingerprint density at radius 1 is 1.06 bits per heavy atom. The lowest BCUT2D eigenvalue weighted by molar-refractivity contribution is 0.584. The van der Waals surface area contributed by atoms with Gasteiger partial charge < -0.3 is 5.73 Å². The van der Waals surface area contributed by atoms with Crippen LogP contribution in [0.4, 0.5) is 14.7 Å². The molecule has 0 bridgehead atoms. The zero-order valence-electron chi connectivity index (χ0n) is 9.14. The van der Waals surface area contributed by atoms with E-state index in [0.29, 0.717) is 16.9 Å². The molecule has 0 unspecified atom stereocenters. The normalized spacial score (nSPS) is 11.0. The van der Waals surface area contributed by atoms with Crippen molar-refractivity contribution >= 4 is 11.6 Å². The van der Waals surface area contributed by atoms with E-state index in [1.807, 2.05) is 0 Å². The topological polar surface area (TPSA) is 56.2 Å². The van der Waals surface area contributed by atoms with Crippen molar-refractivity contribution in [2.75, 3.05) is 5.73 Å². The number of pyridine rings is 1. The van der Waals surface area contributed by atoms with E-state index in [2.05, 4.69) is 10.1 Å². The van der Waals surface area contributed by atoms with Crippen molar-refractivity contribution in [3.63, 3.8) is 0 Å². The molecular formula is C12H8F2N4. The Morgan fingerprint density at radius 3 is 2.50 bits per heavy atom. The van der Waals surface area contributed by atoms with Gasteiger partial charge >= 0.3 is 0 Å². The van der Waals surface area contributed by atoms with Crippen LogP contribution < -0.4 is 5.73 Å². The molecule has 3 aromatic rings. The lowest BCUT2D eigenvalue weighted by Crippen LogP contribution is -1.95. The highest BCUT2D eigenvalue weighted by Crippen LogP contribution is 2.22. The van der Waals surface area contributed by atoms with Crippen LogP contribution >= 0.6 is 0 Å². The average Bonchev–Trinajstić information content (AvgIpc) is 2.67. The quantitative estimate of drug-likeness (QED) is 0.716. The Morgan fingerprint density at radius 2 is 1.78 bits per heavy atom. The van der Waals surface area contributed by atoms with Crippen LogP contribution in [-0.2, 0) is 0 Å². The van der Waals surface area contributed by atoms with Crippen LogP contribution in [0.1, 0.15) is 0 Å². The summed E-state index contributed by atoms with van der Waals surface area (Å²) in [5.74, 6) is -1.18.